The van der Waals surface area contributed by atoms with Crippen molar-refractivity contribution >= 4 is 36.7 Å². The van der Waals surface area contributed by atoms with Crippen molar-refractivity contribution in [2.45, 2.75) is 31.6 Å². The number of aliphatic hydroxyl groups excluding tert-OH is 1. The van der Waals surface area contributed by atoms with Gasteiger partial charge in [-0.15, -0.1) is 0 Å². The van der Waals surface area contributed by atoms with Crippen LogP contribution in [0.15, 0.2) is 18.2 Å². The highest BCUT2D eigenvalue weighted by Crippen LogP contribution is 2.36. The van der Waals surface area contributed by atoms with Crippen molar-refractivity contribution < 1.29 is 43.9 Å². The van der Waals surface area contributed by atoms with Gasteiger partial charge >= 0.3 is 30.9 Å². The molecular weight excluding hydrogens is 437 g/mol. The van der Waals surface area contributed by atoms with Crippen LogP contribution in [-0.2, 0) is 20.8 Å². The zero-order chi connectivity index (χ0) is 24.3. The number of fused-ring (bicyclic) bond motifs is 1. The first-order valence-corrected chi connectivity index (χ1v) is 10.4. The Morgan fingerprint density at radius 2 is 1.97 bits per heavy atom. The summed E-state index contributed by atoms with van der Waals surface area (Å²) in [7, 11) is -1.47. The second-order valence-corrected chi connectivity index (χ2v) is 7.77. The van der Waals surface area contributed by atoms with E-state index in [2.05, 4.69) is 5.32 Å². The number of Topliss-reactive ketones (excluding diaryl/α,β-unsaturated/α-hetero) is 1. The van der Waals surface area contributed by atoms with Crippen molar-refractivity contribution in [3.05, 3.63) is 29.3 Å². The summed E-state index contributed by atoms with van der Waals surface area (Å²) in [6.07, 6.45) is -0.151. The number of carboxylic acids is 1. The third-order valence-corrected chi connectivity index (χ3v) is 5.72. The Hall–Kier alpha value is -3.45. The molecule has 1 aromatic carbocycles. The maximum absolute atomic E-state index is 12.7. The Morgan fingerprint density at radius 3 is 2.61 bits per heavy atom. The molecule has 1 aromatic rings. The van der Waals surface area contributed by atoms with Crippen molar-refractivity contribution in [3.63, 3.8) is 0 Å². The molecule has 0 saturated carbocycles. The first-order valence-electron chi connectivity index (χ1n) is 10.4. The topological polar surface area (TPSA) is 174 Å². The summed E-state index contributed by atoms with van der Waals surface area (Å²) in [6.45, 7) is 1.38. The standard InChI is InChI=1S/C20H24BN3O9/c1-2-23-6-7-24(18(28)17(23)27)20(31)22-14(10-25)15(26)9-12-8-11-4-3-5-13(19(29)30)16(11)33-21(12)32/h3-5,12,14,25,32H,2,6-10H2,1H3,(H,22,31)(H,29,30)/t12-,14-/m1/s1. The third kappa shape index (κ3) is 4.99. The van der Waals surface area contributed by atoms with Crippen LogP contribution in [0.25, 0.3) is 0 Å². The number of carboxylic acid groups (broad SMARTS) is 1. The number of ketones is 1. The Morgan fingerprint density at radius 1 is 1.24 bits per heavy atom. The Kier molecular flexibility index (Phi) is 7.34. The highest BCUT2D eigenvalue weighted by Gasteiger charge is 2.40. The molecule has 0 aromatic heterocycles. The Bertz CT molecular complexity index is 986. The zero-order valence-corrected chi connectivity index (χ0v) is 17.9. The van der Waals surface area contributed by atoms with Gasteiger partial charge < -0.3 is 30.1 Å². The molecule has 0 radical (unpaired) electrons. The van der Waals surface area contributed by atoms with E-state index in [0.717, 1.165) is 0 Å². The number of hydrogen-bond donors (Lipinski definition) is 4. The molecule has 13 heteroatoms. The van der Waals surface area contributed by atoms with Gasteiger partial charge in [0.15, 0.2) is 5.78 Å². The molecule has 0 aliphatic carbocycles. The van der Waals surface area contributed by atoms with Crippen molar-refractivity contribution in [1.82, 2.24) is 15.1 Å². The summed E-state index contributed by atoms with van der Waals surface area (Å²) in [5.74, 6) is -4.41. The van der Waals surface area contributed by atoms with Gasteiger partial charge in [-0.2, -0.15) is 0 Å². The quantitative estimate of drug-likeness (QED) is 0.290. The average molecular weight is 461 g/mol. The lowest BCUT2D eigenvalue weighted by Crippen LogP contribution is -2.60. The SMILES string of the molecule is CCN1CCN(C(=O)N[C@H](CO)C(=O)C[C@H]2Cc3cccc(C(=O)O)c3OB2O)C(=O)C1=O. The lowest BCUT2D eigenvalue weighted by atomic mass is 9.64. The maximum atomic E-state index is 12.7. The number of benzene rings is 1. The second-order valence-electron chi connectivity index (χ2n) is 7.77. The van der Waals surface area contributed by atoms with Crippen LogP contribution in [0.1, 0.15) is 29.3 Å². The molecule has 33 heavy (non-hydrogen) atoms. The number of rotatable bonds is 7. The van der Waals surface area contributed by atoms with Gasteiger partial charge in [0.2, 0.25) is 0 Å². The smallest absolute Gasteiger partial charge is 0.526 e. The minimum absolute atomic E-state index is 0.0302. The number of aromatic carboxylic acids is 1. The predicted octanol–water partition coefficient (Wildman–Crippen LogP) is -1.11. The number of piperazine rings is 1. The fraction of sp³-hybridized carbons (Fsp3) is 0.450. The van der Waals surface area contributed by atoms with E-state index in [0.29, 0.717) is 17.0 Å². The molecule has 2 heterocycles. The molecular formula is C20H24BN3O9. The highest BCUT2D eigenvalue weighted by molar-refractivity contribution is 6.47. The van der Waals surface area contributed by atoms with Crippen LogP contribution in [-0.4, -0.2) is 94.0 Å². The second kappa shape index (κ2) is 10.0. The van der Waals surface area contributed by atoms with Crippen molar-refractivity contribution in [2.75, 3.05) is 26.2 Å². The summed E-state index contributed by atoms with van der Waals surface area (Å²) < 4.78 is 5.35. The van der Waals surface area contributed by atoms with Crippen LogP contribution in [0.3, 0.4) is 0 Å². The summed E-state index contributed by atoms with van der Waals surface area (Å²) in [5.41, 5.74) is 0.389. The van der Waals surface area contributed by atoms with Gasteiger partial charge in [0.1, 0.15) is 11.8 Å². The molecule has 0 bridgehead atoms. The summed E-state index contributed by atoms with van der Waals surface area (Å²) in [4.78, 5) is 62.7. The van der Waals surface area contributed by atoms with Gasteiger partial charge in [-0.25, -0.2) is 9.59 Å². The number of imide groups is 1. The lowest BCUT2D eigenvalue weighted by molar-refractivity contribution is -0.153. The minimum Gasteiger partial charge on any atom is -0.535 e. The molecule has 0 unspecified atom stereocenters. The number of carbonyl (C=O) groups excluding carboxylic acids is 4. The molecule has 3 rings (SSSR count). The van der Waals surface area contributed by atoms with Gasteiger partial charge in [-0.3, -0.25) is 19.3 Å². The van der Waals surface area contributed by atoms with Gasteiger partial charge in [0.25, 0.3) is 0 Å². The Balaban J connectivity index is 1.65. The van der Waals surface area contributed by atoms with Gasteiger partial charge in [0.05, 0.1) is 12.2 Å². The van der Waals surface area contributed by atoms with Gasteiger partial charge in [-0.1, -0.05) is 12.1 Å². The molecule has 2 aliphatic heterocycles. The number of nitrogens with one attached hydrogen (secondary N) is 1. The number of aliphatic hydroxyl groups is 1. The van der Waals surface area contributed by atoms with Crippen LogP contribution in [0.5, 0.6) is 5.75 Å². The first kappa shape index (κ1) is 24.2. The molecule has 1 fully saturated rings. The largest absolute Gasteiger partial charge is 0.535 e. The molecule has 2 aliphatic rings. The van der Waals surface area contributed by atoms with E-state index < -0.39 is 55.2 Å². The van der Waals surface area contributed by atoms with E-state index in [1.54, 1.807) is 13.0 Å². The molecule has 176 valence electrons. The third-order valence-electron chi connectivity index (χ3n) is 5.72. The number of amides is 4. The number of likely N-dealkylation sites (N-methyl/N-ethyl adjacent to an activating group) is 1. The first-order chi connectivity index (χ1) is 15.7. The predicted molar refractivity (Wildman–Crippen MR) is 112 cm³/mol. The fourth-order valence-electron chi connectivity index (χ4n) is 3.85. The molecule has 4 N–H and O–H groups in total. The molecule has 4 amide bonds. The van der Waals surface area contributed by atoms with Crippen LogP contribution < -0.4 is 9.97 Å². The van der Waals surface area contributed by atoms with Gasteiger partial charge in [-0.05, 0) is 25.0 Å². The molecule has 2 atom stereocenters. The highest BCUT2D eigenvalue weighted by atomic mass is 16.5. The fourth-order valence-corrected chi connectivity index (χ4v) is 3.85. The van der Waals surface area contributed by atoms with Crippen molar-refractivity contribution in [3.8, 4) is 5.75 Å². The van der Waals surface area contributed by atoms with Crippen LogP contribution in [0, 0.1) is 0 Å². The van der Waals surface area contributed by atoms with E-state index in [-0.39, 0.29) is 37.2 Å². The number of carbonyl (C=O) groups is 5. The van der Waals surface area contributed by atoms with E-state index in [1.807, 2.05) is 0 Å². The number of nitrogens with zero attached hydrogens (tertiary/aromatic N) is 2. The van der Waals surface area contributed by atoms with E-state index >= 15 is 0 Å². The van der Waals surface area contributed by atoms with E-state index in [4.69, 9.17) is 4.65 Å². The summed E-state index contributed by atoms with van der Waals surface area (Å²) >= 11 is 0. The minimum atomic E-state index is -1.47. The lowest BCUT2D eigenvalue weighted by Gasteiger charge is -2.32. The van der Waals surface area contributed by atoms with Gasteiger partial charge in [0, 0.05) is 31.9 Å². The van der Waals surface area contributed by atoms with E-state index in [9.17, 15) is 39.2 Å². The molecule has 0 spiro atoms. The van der Waals surface area contributed by atoms with Crippen LogP contribution >= 0.6 is 0 Å². The van der Waals surface area contributed by atoms with Crippen molar-refractivity contribution in [2.24, 2.45) is 0 Å². The van der Waals surface area contributed by atoms with Crippen LogP contribution in [0.2, 0.25) is 5.82 Å². The maximum Gasteiger partial charge on any atom is 0.526 e. The number of urea groups is 1. The van der Waals surface area contributed by atoms with Crippen molar-refractivity contribution in [1.29, 1.82) is 0 Å². The van der Waals surface area contributed by atoms with E-state index in [1.165, 1.54) is 17.0 Å². The van der Waals surface area contributed by atoms with Crippen LogP contribution in [0.4, 0.5) is 4.79 Å². The monoisotopic (exact) mass is 461 g/mol. The average Bonchev–Trinajstić information content (AvgIpc) is 2.78. The molecule has 12 nitrogen and oxygen atoms in total. The Labute approximate surface area is 189 Å². The number of hydrogen-bond acceptors (Lipinski definition) is 8. The molecule has 1 saturated heterocycles. The summed E-state index contributed by atoms with van der Waals surface area (Å²) in [6, 6.07) is 2.13. The summed E-state index contributed by atoms with van der Waals surface area (Å²) in [5, 5.41) is 31.5. The number of para-hydroxylation sites is 1. The zero-order valence-electron chi connectivity index (χ0n) is 17.9. The normalized spacial score (nSPS) is 19.0.